The van der Waals surface area contributed by atoms with E-state index in [0.717, 1.165) is 25.1 Å². The van der Waals surface area contributed by atoms with Gasteiger partial charge < -0.3 is 11.1 Å². The smallest absolute Gasteiger partial charge is 0.267 e. The maximum atomic E-state index is 10.8. The van der Waals surface area contributed by atoms with Crippen molar-refractivity contribution in [3.8, 4) is 0 Å². The molecule has 0 bridgehead atoms. The van der Waals surface area contributed by atoms with Gasteiger partial charge in [-0.1, -0.05) is 13.3 Å². The first-order valence-electron chi connectivity index (χ1n) is 4.73. The summed E-state index contributed by atoms with van der Waals surface area (Å²) in [6, 6.07) is 3.49. The Labute approximate surface area is 83.5 Å². The van der Waals surface area contributed by atoms with E-state index >= 15 is 0 Å². The van der Waals surface area contributed by atoms with Gasteiger partial charge in [0.15, 0.2) is 0 Å². The summed E-state index contributed by atoms with van der Waals surface area (Å²) in [7, 11) is 0. The molecule has 0 saturated carbocycles. The number of hydrogen-bond acceptors (Lipinski definition) is 3. The van der Waals surface area contributed by atoms with Gasteiger partial charge in [0.05, 0.1) is 0 Å². The maximum absolute atomic E-state index is 10.8. The van der Waals surface area contributed by atoms with Crippen molar-refractivity contribution >= 4 is 11.6 Å². The highest BCUT2D eigenvalue weighted by Gasteiger charge is 2.01. The van der Waals surface area contributed by atoms with Crippen molar-refractivity contribution in [2.45, 2.75) is 19.8 Å². The average Bonchev–Trinajstić information content (AvgIpc) is 2.19. The fourth-order valence-electron chi connectivity index (χ4n) is 1.08. The van der Waals surface area contributed by atoms with E-state index in [-0.39, 0.29) is 0 Å². The number of nitrogens with one attached hydrogen (secondary N) is 1. The van der Waals surface area contributed by atoms with Gasteiger partial charge in [-0.3, -0.25) is 9.78 Å². The Balaban J connectivity index is 2.59. The minimum absolute atomic E-state index is 0.298. The van der Waals surface area contributed by atoms with Gasteiger partial charge in [-0.05, 0) is 18.6 Å². The lowest BCUT2D eigenvalue weighted by Crippen LogP contribution is -2.13. The maximum Gasteiger partial charge on any atom is 0.267 e. The van der Waals surface area contributed by atoms with E-state index in [9.17, 15) is 4.79 Å². The van der Waals surface area contributed by atoms with Crippen molar-refractivity contribution in [1.29, 1.82) is 0 Å². The van der Waals surface area contributed by atoms with E-state index < -0.39 is 5.91 Å². The number of hydrogen-bond donors (Lipinski definition) is 2. The molecule has 1 amide bonds. The summed E-state index contributed by atoms with van der Waals surface area (Å²) in [5, 5.41) is 3.19. The normalized spacial score (nSPS) is 9.79. The zero-order valence-corrected chi connectivity index (χ0v) is 8.29. The van der Waals surface area contributed by atoms with Gasteiger partial charge in [0.2, 0.25) is 0 Å². The number of unbranched alkanes of at least 4 members (excludes halogenated alkanes) is 1. The van der Waals surface area contributed by atoms with Crippen molar-refractivity contribution in [3.05, 3.63) is 24.0 Å². The largest absolute Gasteiger partial charge is 0.385 e. The van der Waals surface area contributed by atoms with E-state index in [0.29, 0.717) is 5.69 Å². The molecular formula is C10H15N3O. The number of carbonyl (C=O) groups excluding carboxylic acids is 1. The van der Waals surface area contributed by atoms with E-state index in [2.05, 4.69) is 17.2 Å². The molecule has 1 aromatic rings. The third-order valence-corrected chi connectivity index (χ3v) is 1.87. The molecule has 0 aliphatic rings. The third kappa shape index (κ3) is 3.05. The molecule has 4 heteroatoms. The zero-order chi connectivity index (χ0) is 10.4. The highest BCUT2D eigenvalue weighted by Crippen LogP contribution is 2.07. The van der Waals surface area contributed by atoms with Crippen LogP contribution in [0.25, 0.3) is 0 Å². The Bertz CT molecular complexity index is 312. The number of amides is 1. The summed E-state index contributed by atoms with van der Waals surface area (Å²) in [5.41, 5.74) is 6.30. The third-order valence-electron chi connectivity index (χ3n) is 1.87. The Morgan fingerprint density at radius 3 is 3.07 bits per heavy atom. The molecule has 1 aromatic heterocycles. The van der Waals surface area contributed by atoms with Gasteiger partial charge in [-0.25, -0.2) is 0 Å². The van der Waals surface area contributed by atoms with Crippen LogP contribution < -0.4 is 11.1 Å². The van der Waals surface area contributed by atoms with Crippen molar-refractivity contribution in [1.82, 2.24) is 4.98 Å². The molecule has 0 radical (unpaired) electrons. The Hall–Kier alpha value is -1.58. The SMILES string of the molecule is CCCCNc1ccnc(C(N)=O)c1. The highest BCUT2D eigenvalue weighted by molar-refractivity contribution is 5.91. The number of primary amides is 1. The van der Waals surface area contributed by atoms with Crippen molar-refractivity contribution < 1.29 is 4.79 Å². The predicted octanol–water partition coefficient (Wildman–Crippen LogP) is 1.39. The Morgan fingerprint density at radius 1 is 1.64 bits per heavy atom. The molecule has 0 atom stereocenters. The molecule has 14 heavy (non-hydrogen) atoms. The van der Waals surface area contributed by atoms with Gasteiger partial charge in [-0.2, -0.15) is 0 Å². The Morgan fingerprint density at radius 2 is 2.43 bits per heavy atom. The van der Waals surface area contributed by atoms with E-state index in [1.165, 1.54) is 0 Å². The van der Waals surface area contributed by atoms with Crippen LogP contribution in [0.3, 0.4) is 0 Å². The molecule has 0 aliphatic heterocycles. The number of nitrogens with two attached hydrogens (primary N) is 1. The van der Waals surface area contributed by atoms with Crippen LogP contribution >= 0.6 is 0 Å². The van der Waals surface area contributed by atoms with Crippen LogP contribution in [0.2, 0.25) is 0 Å². The van der Waals surface area contributed by atoms with Crippen molar-refractivity contribution in [2.24, 2.45) is 5.73 Å². The second kappa shape index (κ2) is 5.21. The quantitative estimate of drug-likeness (QED) is 0.694. The van der Waals surface area contributed by atoms with Crippen LogP contribution in [-0.4, -0.2) is 17.4 Å². The number of pyridine rings is 1. The van der Waals surface area contributed by atoms with Crippen molar-refractivity contribution in [2.75, 3.05) is 11.9 Å². The summed E-state index contributed by atoms with van der Waals surface area (Å²) in [6.45, 7) is 3.03. The fraction of sp³-hybridized carbons (Fsp3) is 0.400. The molecule has 0 aromatic carbocycles. The highest BCUT2D eigenvalue weighted by atomic mass is 16.1. The topological polar surface area (TPSA) is 68.0 Å². The number of carbonyl (C=O) groups is 1. The molecule has 0 saturated heterocycles. The summed E-state index contributed by atoms with van der Waals surface area (Å²) in [4.78, 5) is 14.7. The molecule has 0 unspecified atom stereocenters. The molecule has 1 rings (SSSR count). The first-order valence-corrected chi connectivity index (χ1v) is 4.73. The molecule has 4 nitrogen and oxygen atoms in total. The summed E-state index contributed by atoms with van der Waals surface area (Å²) >= 11 is 0. The van der Waals surface area contributed by atoms with Crippen LogP contribution in [0, 0.1) is 0 Å². The average molecular weight is 193 g/mol. The van der Waals surface area contributed by atoms with Crippen LogP contribution in [0.15, 0.2) is 18.3 Å². The molecule has 0 spiro atoms. The lowest BCUT2D eigenvalue weighted by atomic mass is 10.3. The van der Waals surface area contributed by atoms with E-state index in [1.54, 1.807) is 12.3 Å². The minimum Gasteiger partial charge on any atom is -0.385 e. The van der Waals surface area contributed by atoms with Crippen LogP contribution in [0.5, 0.6) is 0 Å². The lowest BCUT2D eigenvalue weighted by Gasteiger charge is -2.05. The lowest BCUT2D eigenvalue weighted by molar-refractivity contribution is 0.0995. The molecule has 0 aliphatic carbocycles. The predicted molar refractivity (Wildman–Crippen MR) is 56.2 cm³/mol. The standard InChI is InChI=1S/C10H15N3O/c1-2-3-5-12-8-4-6-13-9(7-8)10(11)14/h4,6-7H,2-3,5H2,1H3,(H2,11,14)(H,12,13). The van der Waals surface area contributed by atoms with Crippen LogP contribution in [-0.2, 0) is 0 Å². The second-order valence-electron chi connectivity index (χ2n) is 3.07. The number of nitrogens with zero attached hydrogens (tertiary/aromatic N) is 1. The molecule has 76 valence electrons. The summed E-state index contributed by atoms with van der Waals surface area (Å²) in [5.74, 6) is -0.496. The summed E-state index contributed by atoms with van der Waals surface area (Å²) in [6.07, 6.45) is 3.82. The number of rotatable bonds is 5. The molecule has 0 fully saturated rings. The summed E-state index contributed by atoms with van der Waals surface area (Å²) < 4.78 is 0. The van der Waals surface area contributed by atoms with Gasteiger partial charge in [0.1, 0.15) is 5.69 Å². The van der Waals surface area contributed by atoms with E-state index in [4.69, 9.17) is 5.73 Å². The molecular weight excluding hydrogens is 178 g/mol. The Kier molecular flexibility index (Phi) is 3.91. The minimum atomic E-state index is -0.496. The fourth-order valence-corrected chi connectivity index (χ4v) is 1.08. The first kappa shape index (κ1) is 10.5. The monoisotopic (exact) mass is 193 g/mol. The number of aromatic nitrogens is 1. The second-order valence-corrected chi connectivity index (χ2v) is 3.07. The number of anilines is 1. The van der Waals surface area contributed by atoms with Crippen LogP contribution in [0.4, 0.5) is 5.69 Å². The van der Waals surface area contributed by atoms with Gasteiger partial charge in [-0.15, -0.1) is 0 Å². The van der Waals surface area contributed by atoms with Gasteiger partial charge in [0.25, 0.3) is 5.91 Å². The first-order chi connectivity index (χ1) is 6.74. The van der Waals surface area contributed by atoms with E-state index in [1.807, 2.05) is 6.07 Å². The van der Waals surface area contributed by atoms with Crippen LogP contribution in [0.1, 0.15) is 30.3 Å². The van der Waals surface area contributed by atoms with Gasteiger partial charge >= 0.3 is 0 Å². The van der Waals surface area contributed by atoms with Crippen molar-refractivity contribution in [3.63, 3.8) is 0 Å². The zero-order valence-electron chi connectivity index (χ0n) is 8.29. The molecule has 3 N–H and O–H groups in total. The molecule has 1 heterocycles. The van der Waals surface area contributed by atoms with Gasteiger partial charge in [0, 0.05) is 18.4 Å².